The zero-order valence-electron chi connectivity index (χ0n) is 16.4. The second kappa shape index (κ2) is 7.73. The quantitative estimate of drug-likeness (QED) is 0.573. The van der Waals surface area contributed by atoms with Crippen LogP contribution in [0.5, 0.6) is 0 Å². The van der Waals surface area contributed by atoms with Crippen LogP contribution in [0.4, 0.5) is 0 Å². The van der Waals surface area contributed by atoms with E-state index >= 15 is 0 Å². The molecule has 3 aromatic rings. The number of amides is 1. The molecule has 1 aliphatic rings. The number of aryl methyl sites for hydroxylation is 1. The number of nitrogens with one attached hydrogen (secondary N) is 2. The number of rotatable bonds is 4. The van der Waals surface area contributed by atoms with Gasteiger partial charge in [0, 0.05) is 43.2 Å². The topological polar surface area (TPSA) is 124 Å². The Morgan fingerprint density at radius 2 is 2.13 bits per heavy atom. The van der Waals surface area contributed by atoms with Gasteiger partial charge in [-0.3, -0.25) is 19.1 Å². The van der Waals surface area contributed by atoms with Crippen LogP contribution in [0.3, 0.4) is 0 Å². The molecule has 1 saturated heterocycles. The number of carbonyl (C=O) groups is 1. The molecule has 3 heterocycles. The molecule has 0 aliphatic carbocycles. The molecule has 0 unspecified atom stereocenters. The van der Waals surface area contributed by atoms with Gasteiger partial charge >= 0.3 is 5.69 Å². The lowest BCUT2D eigenvalue weighted by molar-refractivity contribution is -0.138. The smallest absolute Gasteiger partial charge is 0.328 e. The number of aromatic amines is 2. The Morgan fingerprint density at radius 3 is 2.90 bits per heavy atom. The third-order valence-electron chi connectivity index (χ3n) is 5.61. The van der Waals surface area contributed by atoms with E-state index in [-0.39, 0.29) is 18.9 Å². The van der Waals surface area contributed by atoms with E-state index in [0.717, 1.165) is 11.0 Å². The maximum Gasteiger partial charge on any atom is 0.328 e. The number of imidazole rings is 1. The largest absolute Gasteiger partial charge is 0.388 e. The Balaban J connectivity index is 1.47. The van der Waals surface area contributed by atoms with E-state index in [1.165, 1.54) is 16.8 Å². The fraction of sp³-hybridized carbons (Fsp3) is 0.400. The average molecular weight is 432 g/mol. The second-order valence-electron chi connectivity index (χ2n) is 7.83. The molecule has 158 valence electrons. The lowest BCUT2D eigenvalue weighted by Gasteiger charge is -2.43. The minimum absolute atomic E-state index is 0.0912. The third-order valence-corrected chi connectivity index (χ3v) is 5.84. The van der Waals surface area contributed by atoms with Gasteiger partial charge in [-0.1, -0.05) is 11.6 Å². The average Bonchev–Trinajstić information content (AvgIpc) is 3.08. The van der Waals surface area contributed by atoms with E-state index in [2.05, 4.69) is 15.0 Å². The molecule has 1 amide bonds. The van der Waals surface area contributed by atoms with Crippen LogP contribution in [-0.2, 0) is 11.2 Å². The van der Waals surface area contributed by atoms with Crippen LogP contribution in [0.1, 0.15) is 31.6 Å². The van der Waals surface area contributed by atoms with Crippen LogP contribution in [0.2, 0.25) is 5.02 Å². The molecule has 4 rings (SSSR count). The van der Waals surface area contributed by atoms with E-state index in [0.29, 0.717) is 30.2 Å². The Hall–Kier alpha value is -2.91. The summed E-state index contributed by atoms with van der Waals surface area (Å²) in [5.74, 6) is 0.601. The number of benzene rings is 1. The normalized spacial score (nSPS) is 21.8. The van der Waals surface area contributed by atoms with Gasteiger partial charge in [-0.25, -0.2) is 9.78 Å². The van der Waals surface area contributed by atoms with Crippen molar-refractivity contribution in [1.82, 2.24) is 24.4 Å². The highest BCUT2D eigenvalue weighted by Crippen LogP contribution is 2.31. The van der Waals surface area contributed by atoms with Crippen molar-refractivity contribution >= 4 is 28.5 Å². The predicted octanol–water partition coefficient (Wildman–Crippen LogP) is 1.22. The molecule has 1 fully saturated rings. The van der Waals surface area contributed by atoms with Crippen LogP contribution in [0.15, 0.2) is 40.1 Å². The molecule has 0 spiro atoms. The minimum atomic E-state index is -1.18. The number of H-pyrrole nitrogens is 2. The second-order valence-corrected chi connectivity index (χ2v) is 8.26. The Labute approximate surface area is 176 Å². The first-order chi connectivity index (χ1) is 14.2. The summed E-state index contributed by atoms with van der Waals surface area (Å²) in [6.07, 6.45) is 2.34. The summed E-state index contributed by atoms with van der Waals surface area (Å²) in [7, 11) is 0. The third kappa shape index (κ3) is 4.03. The molecule has 0 radical (unpaired) electrons. The molecular formula is C20H22ClN5O4. The van der Waals surface area contributed by atoms with Crippen molar-refractivity contribution < 1.29 is 9.90 Å². The molecule has 2 atom stereocenters. The van der Waals surface area contributed by atoms with Crippen molar-refractivity contribution in [3.05, 3.63) is 62.1 Å². The Kier molecular flexibility index (Phi) is 5.25. The van der Waals surface area contributed by atoms with Crippen molar-refractivity contribution in [3.63, 3.8) is 0 Å². The number of piperidine rings is 1. The van der Waals surface area contributed by atoms with Gasteiger partial charge in [-0.15, -0.1) is 0 Å². The van der Waals surface area contributed by atoms with Crippen molar-refractivity contribution in [2.24, 2.45) is 0 Å². The zero-order valence-corrected chi connectivity index (χ0v) is 17.1. The molecule has 9 nitrogen and oxygen atoms in total. The molecule has 3 N–H and O–H groups in total. The predicted molar refractivity (Wildman–Crippen MR) is 112 cm³/mol. The van der Waals surface area contributed by atoms with Gasteiger partial charge in [0.2, 0.25) is 5.91 Å². The van der Waals surface area contributed by atoms with Gasteiger partial charge in [0.25, 0.3) is 5.56 Å². The highest BCUT2D eigenvalue weighted by molar-refractivity contribution is 6.31. The number of fused-ring (bicyclic) bond motifs is 1. The first kappa shape index (κ1) is 20.4. The minimum Gasteiger partial charge on any atom is -0.388 e. The lowest BCUT2D eigenvalue weighted by atomic mass is 9.88. The van der Waals surface area contributed by atoms with E-state index in [1.54, 1.807) is 24.0 Å². The number of aromatic nitrogens is 4. The summed E-state index contributed by atoms with van der Waals surface area (Å²) in [5, 5.41) is 11.4. The van der Waals surface area contributed by atoms with Gasteiger partial charge in [-0.2, -0.15) is 0 Å². The van der Waals surface area contributed by atoms with Crippen LogP contribution < -0.4 is 11.2 Å². The Bertz CT molecular complexity index is 1210. The van der Waals surface area contributed by atoms with E-state index in [4.69, 9.17) is 11.6 Å². The summed E-state index contributed by atoms with van der Waals surface area (Å²) in [6, 6.07) is 5.94. The highest BCUT2D eigenvalue weighted by atomic mass is 35.5. The number of nitrogens with zero attached hydrogens (tertiary/aromatic N) is 3. The van der Waals surface area contributed by atoms with Gasteiger partial charge in [-0.05, 0) is 31.5 Å². The standard InChI is InChI=1S/C20H22ClN5O4/c1-20(30)7-9-25(11-15(20)26-8-6-17(27)24-19(26)29)18(28)5-4-16-22-13-3-2-12(21)10-14(13)23-16/h2-3,6,8,10,15,30H,4-5,7,9,11H2,1H3,(H,22,23)(H,24,27,29)/t15-,20-/m1/s1. The highest BCUT2D eigenvalue weighted by Gasteiger charge is 2.40. The van der Waals surface area contributed by atoms with Crippen LogP contribution in [0.25, 0.3) is 11.0 Å². The molecule has 1 aliphatic heterocycles. The van der Waals surface area contributed by atoms with Gasteiger partial charge in [0.1, 0.15) is 5.82 Å². The summed E-state index contributed by atoms with van der Waals surface area (Å²) in [4.78, 5) is 47.8. The van der Waals surface area contributed by atoms with E-state index < -0.39 is 22.9 Å². The molecule has 2 aromatic heterocycles. The number of aliphatic hydroxyl groups is 1. The van der Waals surface area contributed by atoms with Gasteiger partial charge in [0.15, 0.2) is 0 Å². The fourth-order valence-electron chi connectivity index (χ4n) is 3.85. The molecule has 10 heteroatoms. The Morgan fingerprint density at radius 1 is 1.33 bits per heavy atom. The van der Waals surface area contributed by atoms with Crippen molar-refractivity contribution in [2.75, 3.05) is 13.1 Å². The SMILES string of the molecule is C[C@@]1(O)CCN(C(=O)CCc2nc3ccc(Cl)cc3[nH]2)C[C@H]1n1ccc(=O)[nH]c1=O. The summed E-state index contributed by atoms with van der Waals surface area (Å²) >= 11 is 5.99. The number of halogens is 1. The summed E-state index contributed by atoms with van der Waals surface area (Å²) in [5.41, 5.74) is -0.698. The molecule has 0 bridgehead atoms. The first-order valence-electron chi connectivity index (χ1n) is 9.69. The molecule has 0 saturated carbocycles. The summed E-state index contributed by atoms with van der Waals surface area (Å²) in [6.45, 7) is 2.19. The first-order valence-corrected chi connectivity index (χ1v) is 10.1. The van der Waals surface area contributed by atoms with Crippen LogP contribution in [0, 0.1) is 0 Å². The molecular weight excluding hydrogens is 410 g/mol. The maximum atomic E-state index is 12.8. The molecule has 1 aromatic carbocycles. The van der Waals surface area contributed by atoms with Crippen molar-refractivity contribution in [3.8, 4) is 0 Å². The zero-order chi connectivity index (χ0) is 21.5. The van der Waals surface area contributed by atoms with E-state index in [1.807, 2.05) is 6.07 Å². The van der Waals surface area contributed by atoms with Crippen LogP contribution in [-0.4, -0.2) is 54.1 Å². The van der Waals surface area contributed by atoms with Crippen LogP contribution >= 0.6 is 11.6 Å². The monoisotopic (exact) mass is 431 g/mol. The van der Waals surface area contributed by atoms with Gasteiger partial charge in [0.05, 0.1) is 22.7 Å². The molecule has 30 heavy (non-hydrogen) atoms. The lowest BCUT2D eigenvalue weighted by Crippen LogP contribution is -2.55. The number of hydrogen-bond acceptors (Lipinski definition) is 5. The maximum absolute atomic E-state index is 12.8. The number of likely N-dealkylation sites (tertiary alicyclic amines) is 1. The number of carbonyl (C=O) groups excluding carboxylic acids is 1. The van der Waals surface area contributed by atoms with Gasteiger partial charge < -0.3 is 15.0 Å². The number of hydrogen-bond donors (Lipinski definition) is 3. The van der Waals surface area contributed by atoms with Crippen molar-refractivity contribution in [1.29, 1.82) is 0 Å². The summed E-state index contributed by atoms with van der Waals surface area (Å²) < 4.78 is 1.28. The fourth-order valence-corrected chi connectivity index (χ4v) is 4.02. The van der Waals surface area contributed by atoms with Crippen molar-refractivity contribution in [2.45, 2.75) is 37.8 Å². The van der Waals surface area contributed by atoms with E-state index in [9.17, 15) is 19.5 Å².